The highest BCUT2D eigenvalue weighted by Gasteiger charge is 2.04. The van der Waals surface area contributed by atoms with Crippen molar-refractivity contribution in [3.8, 4) is 11.5 Å². The predicted octanol–water partition coefficient (Wildman–Crippen LogP) is 0.626. The number of phenolic OH excluding ortho intramolecular Hbond substituents is 1. The molecular weight excluding hydrogens is 220 g/mol. The van der Waals surface area contributed by atoms with Gasteiger partial charge in [0.25, 0.3) is 0 Å². The van der Waals surface area contributed by atoms with Crippen LogP contribution in [0.3, 0.4) is 0 Å². The van der Waals surface area contributed by atoms with E-state index in [9.17, 15) is 9.90 Å². The van der Waals surface area contributed by atoms with Crippen LogP contribution in [-0.2, 0) is 11.3 Å². The molecule has 1 amide bonds. The number of likely N-dealkylation sites (N-methyl/N-ethyl adjacent to an activating group) is 1. The van der Waals surface area contributed by atoms with Crippen molar-refractivity contribution in [1.29, 1.82) is 0 Å². The SMILES string of the molecule is CCNC(=O)CNCc1ccc(OC)cc1O. The molecule has 5 nitrogen and oxygen atoms in total. The van der Waals surface area contributed by atoms with E-state index in [2.05, 4.69) is 10.6 Å². The molecule has 1 aromatic rings. The summed E-state index contributed by atoms with van der Waals surface area (Å²) in [6.45, 7) is 3.16. The summed E-state index contributed by atoms with van der Waals surface area (Å²) in [5.41, 5.74) is 0.732. The monoisotopic (exact) mass is 238 g/mol. The lowest BCUT2D eigenvalue weighted by atomic mass is 10.2. The van der Waals surface area contributed by atoms with Gasteiger partial charge in [0.05, 0.1) is 13.7 Å². The fourth-order valence-corrected chi connectivity index (χ4v) is 1.39. The molecule has 0 saturated carbocycles. The summed E-state index contributed by atoms with van der Waals surface area (Å²) >= 11 is 0. The lowest BCUT2D eigenvalue weighted by Gasteiger charge is -2.08. The van der Waals surface area contributed by atoms with Crippen molar-refractivity contribution in [3.05, 3.63) is 23.8 Å². The van der Waals surface area contributed by atoms with Gasteiger partial charge in [-0.3, -0.25) is 4.79 Å². The number of benzene rings is 1. The Balaban J connectivity index is 2.44. The van der Waals surface area contributed by atoms with E-state index in [0.717, 1.165) is 5.56 Å². The molecule has 3 N–H and O–H groups in total. The molecule has 0 aliphatic rings. The molecule has 0 fully saturated rings. The molecular formula is C12H18N2O3. The Morgan fingerprint density at radius 1 is 1.47 bits per heavy atom. The second-order valence-electron chi connectivity index (χ2n) is 3.55. The highest BCUT2D eigenvalue weighted by Crippen LogP contribution is 2.22. The minimum atomic E-state index is -0.0551. The Kier molecular flexibility index (Phi) is 5.29. The number of nitrogens with one attached hydrogen (secondary N) is 2. The van der Waals surface area contributed by atoms with Crippen LogP contribution < -0.4 is 15.4 Å². The molecule has 5 heteroatoms. The summed E-state index contributed by atoms with van der Waals surface area (Å²) in [7, 11) is 1.54. The Labute approximate surface area is 101 Å². The van der Waals surface area contributed by atoms with Gasteiger partial charge in [-0.05, 0) is 13.0 Å². The zero-order valence-electron chi connectivity index (χ0n) is 10.1. The quantitative estimate of drug-likeness (QED) is 0.679. The van der Waals surface area contributed by atoms with Crippen molar-refractivity contribution in [1.82, 2.24) is 10.6 Å². The van der Waals surface area contributed by atoms with Crippen LogP contribution in [0.25, 0.3) is 0 Å². The molecule has 0 heterocycles. The number of aromatic hydroxyl groups is 1. The number of hydrogen-bond donors (Lipinski definition) is 3. The maximum Gasteiger partial charge on any atom is 0.233 e. The Morgan fingerprint density at radius 2 is 2.24 bits per heavy atom. The smallest absolute Gasteiger partial charge is 0.233 e. The molecule has 0 atom stereocenters. The number of ether oxygens (including phenoxy) is 1. The third kappa shape index (κ3) is 4.32. The summed E-state index contributed by atoms with van der Waals surface area (Å²) in [6.07, 6.45) is 0. The van der Waals surface area contributed by atoms with E-state index in [0.29, 0.717) is 18.8 Å². The molecule has 0 bridgehead atoms. The van der Waals surface area contributed by atoms with E-state index in [-0.39, 0.29) is 18.2 Å². The van der Waals surface area contributed by atoms with Crippen molar-refractivity contribution >= 4 is 5.91 Å². The molecule has 0 aliphatic carbocycles. The van der Waals surface area contributed by atoms with E-state index in [4.69, 9.17) is 4.74 Å². The van der Waals surface area contributed by atoms with Crippen molar-refractivity contribution in [2.24, 2.45) is 0 Å². The molecule has 94 valence electrons. The zero-order valence-corrected chi connectivity index (χ0v) is 10.1. The Bertz CT molecular complexity index is 380. The first-order valence-corrected chi connectivity index (χ1v) is 5.50. The van der Waals surface area contributed by atoms with Crippen LogP contribution in [0.1, 0.15) is 12.5 Å². The van der Waals surface area contributed by atoms with Gasteiger partial charge in [-0.15, -0.1) is 0 Å². The third-order valence-corrected chi connectivity index (χ3v) is 2.27. The largest absolute Gasteiger partial charge is 0.507 e. The van der Waals surface area contributed by atoms with Gasteiger partial charge < -0.3 is 20.5 Å². The average molecular weight is 238 g/mol. The number of carbonyl (C=O) groups excluding carboxylic acids is 1. The van der Waals surface area contributed by atoms with Crippen LogP contribution in [0, 0.1) is 0 Å². The van der Waals surface area contributed by atoms with E-state index >= 15 is 0 Å². The maximum atomic E-state index is 11.2. The molecule has 0 aromatic heterocycles. The van der Waals surface area contributed by atoms with Gasteiger partial charge >= 0.3 is 0 Å². The summed E-state index contributed by atoms with van der Waals surface area (Å²) in [4.78, 5) is 11.2. The summed E-state index contributed by atoms with van der Waals surface area (Å²) in [5, 5.41) is 15.3. The van der Waals surface area contributed by atoms with Gasteiger partial charge in [0.15, 0.2) is 0 Å². The van der Waals surface area contributed by atoms with Crippen molar-refractivity contribution < 1.29 is 14.6 Å². The molecule has 0 unspecified atom stereocenters. The molecule has 0 radical (unpaired) electrons. The molecule has 17 heavy (non-hydrogen) atoms. The fraction of sp³-hybridized carbons (Fsp3) is 0.417. The van der Waals surface area contributed by atoms with E-state index in [1.807, 2.05) is 6.92 Å². The van der Waals surface area contributed by atoms with Crippen LogP contribution >= 0.6 is 0 Å². The second kappa shape index (κ2) is 6.75. The zero-order chi connectivity index (χ0) is 12.7. The molecule has 0 aliphatic heterocycles. The highest BCUT2D eigenvalue weighted by atomic mass is 16.5. The van der Waals surface area contributed by atoms with Crippen molar-refractivity contribution in [3.63, 3.8) is 0 Å². The number of carbonyl (C=O) groups is 1. The summed E-state index contributed by atoms with van der Waals surface area (Å²) < 4.78 is 4.98. The minimum absolute atomic E-state index is 0.0551. The number of amides is 1. The summed E-state index contributed by atoms with van der Waals surface area (Å²) in [5.74, 6) is 0.711. The van der Waals surface area contributed by atoms with Crippen LogP contribution in [0.15, 0.2) is 18.2 Å². The predicted molar refractivity (Wildman–Crippen MR) is 65.0 cm³/mol. The fourth-order valence-electron chi connectivity index (χ4n) is 1.39. The van der Waals surface area contributed by atoms with Crippen LogP contribution in [0.5, 0.6) is 11.5 Å². The lowest BCUT2D eigenvalue weighted by molar-refractivity contribution is -0.120. The van der Waals surface area contributed by atoms with Crippen LogP contribution in [0.2, 0.25) is 0 Å². The Hall–Kier alpha value is -1.75. The number of rotatable bonds is 6. The Morgan fingerprint density at radius 3 is 2.82 bits per heavy atom. The lowest BCUT2D eigenvalue weighted by Crippen LogP contribution is -2.33. The van der Waals surface area contributed by atoms with Crippen molar-refractivity contribution in [2.75, 3.05) is 20.2 Å². The minimum Gasteiger partial charge on any atom is -0.507 e. The van der Waals surface area contributed by atoms with Gasteiger partial charge in [-0.2, -0.15) is 0 Å². The van der Waals surface area contributed by atoms with Gasteiger partial charge in [0.1, 0.15) is 11.5 Å². The first-order valence-electron chi connectivity index (χ1n) is 5.50. The highest BCUT2D eigenvalue weighted by molar-refractivity contribution is 5.77. The van der Waals surface area contributed by atoms with Crippen molar-refractivity contribution in [2.45, 2.75) is 13.5 Å². The molecule has 1 aromatic carbocycles. The molecule has 0 spiro atoms. The molecule has 1 rings (SSSR count). The number of methoxy groups -OCH3 is 1. The topological polar surface area (TPSA) is 70.6 Å². The summed E-state index contributed by atoms with van der Waals surface area (Å²) in [6, 6.07) is 5.07. The second-order valence-corrected chi connectivity index (χ2v) is 3.55. The van der Waals surface area contributed by atoms with E-state index in [1.165, 1.54) is 0 Å². The maximum absolute atomic E-state index is 11.2. The standard InChI is InChI=1S/C12H18N2O3/c1-3-14-12(16)8-13-7-9-4-5-10(17-2)6-11(9)15/h4-6,13,15H,3,7-8H2,1-2H3,(H,14,16). The molecule has 0 saturated heterocycles. The van der Waals surface area contributed by atoms with Gasteiger partial charge in [0, 0.05) is 24.7 Å². The third-order valence-electron chi connectivity index (χ3n) is 2.27. The van der Waals surface area contributed by atoms with Crippen LogP contribution in [-0.4, -0.2) is 31.2 Å². The number of phenols is 1. The van der Waals surface area contributed by atoms with E-state index < -0.39 is 0 Å². The van der Waals surface area contributed by atoms with Gasteiger partial charge in [0.2, 0.25) is 5.91 Å². The first kappa shape index (κ1) is 13.3. The first-order chi connectivity index (χ1) is 8.17. The number of hydrogen-bond acceptors (Lipinski definition) is 4. The average Bonchev–Trinajstić information content (AvgIpc) is 2.31. The normalized spacial score (nSPS) is 10.0. The van der Waals surface area contributed by atoms with Crippen LogP contribution in [0.4, 0.5) is 0 Å². The van der Waals surface area contributed by atoms with E-state index in [1.54, 1.807) is 25.3 Å². The van der Waals surface area contributed by atoms with Gasteiger partial charge in [-0.25, -0.2) is 0 Å². The van der Waals surface area contributed by atoms with Gasteiger partial charge in [-0.1, -0.05) is 6.07 Å².